The fraction of sp³-hybridized carbons (Fsp3) is 0.714. The number of nitrogens with one attached hydrogen (secondary N) is 3. The maximum Gasteiger partial charge on any atom is 0.472 e. The van der Waals surface area contributed by atoms with Gasteiger partial charge in [0, 0.05) is 6.42 Å². The largest absolute Gasteiger partial charge is 0.472 e. The normalized spacial score (nSPS) is 15.7. The number of hydrazine groups is 1. The van der Waals surface area contributed by atoms with E-state index in [2.05, 4.69) is 5.32 Å². The van der Waals surface area contributed by atoms with E-state index in [1.54, 1.807) is 5.43 Å². The first-order valence-electron chi connectivity index (χ1n) is 4.26. The third kappa shape index (κ3) is 4.67. The Labute approximate surface area is 95.5 Å². The molecule has 0 saturated carbocycles. The summed E-state index contributed by atoms with van der Waals surface area (Å²) in [6.45, 7) is 1.33. The molecule has 0 aromatic carbocycles. The molecular formula is C7H11ClF3N3O2. The molecule has 1 aliphatic heterocycles. The molecule has 0 spiro atoms. The SMILES string of the molecule is Cl.O=C(CC1CNC1)NNC(=O)C(F)(F)F. The summed E-state index contributed by atoms with van der Waals surface area (Å²) < 4.78 is 35.0. The van der Waals surface area contributed by atoms with Gasteiger partial charge in [-0.1, -0.05) is 0 Å². The highest BCUT2D eigenvalue weighted by Gasteiger charge is 2.39. The minimum Gasteiger partial charge on any atom is -0.316 e. The third-order valence-electron chi connectivity index (χ3n) is 1.91. The van der Waals surface area contributed by atoms with Crippen molar-refractivity contribution in [2.75, 3.05) is 13.1 Å². The van der Waals surface area contributed by atoms with E-state index in [-0.39, 0.29) is 24.7 Å². The molecule has 1 saturated heterocycles. The Balaban J connectivity index is 0.00000225. The molecule has 2 amide bonds. The van der Waals surface area contributed by atoms with Crippen LogP contribution in [-0.4, -0.2) is 31.1 Å². The van der Waals surface area contributed by atoms with Gasteiger partial charge in [-0.05, 0) is 19.0 Å². The zero-order valence-electron chi connectivity index (χ0n) is 8.06. The van der Waals surface area contributed by atoms with Gasteiger partial charge in [-0.3, -0.25) is 20.4 Å². The molecule has 94 valence electrons. The van der Waals surface area contributed by atoms with E-state index in [0.717, 1.165) is 0 Å². The molecule has 1 aliphatic rings. The molecule has 1 rings (SSSR count). The molecule has 0 aromatic heterocycles. The summed E-state index contributed by atoms with van der Waals surface area (Å²) >= 11 is 0. The minimum absolute atomic E-state index is 0. The fourth-order valence-corrected chi connectivity index (χ4v) is 1.00. The number of carbonyl (C=O) groups excluding carboxylic acids is 2. The van der Waals surface area contributed by atoms with Crippen LogP contribution in [0.2, 0.25) is 0 Å². The lowest BCUT2D eigenvalue weighted by atomic mass is 9.99. The van der Waals surface area contributed by atoms with Crippen LogP contribution in [0.25, 0.3) is 0 Å². The average Bonchev–Trinajstić information content (AvgIpc) is 2.05. The lowest BCUT2D eigenvalue weighted by Crippen LogP contribution is -2.50. The summed E-state index contributed by atoms with van der Waals surface area (Å²) in [5, 5.41) is 2.91. The minimum atomic E-state index is -4.98. The Hall–Kier alpha value is -1.02. The smallest absolute Gasteiger partial charge is 0.316 e. The molecular weight excluding hydrogens is 251 g/mol. The Morgan fingerprint density at radius 1 is 1.25 bits per heavy atom. The molecule has 3 N–H and O–H groups in total. The van der Waals surface area contributed by atoms with Crippen molar-refractivity contribution in [1.82, 2.24) is 16.2 Å². The van der Waals surface area contributed by atoms with Gasteiger partial charge in [0.25, 0.3) is 0 Å². The van der Waals surface area contributed by atoms with Crippen LogP contribution in [0.4, 0.5) is 13.2 Å². The molecule has 0 atom stereocenters. The second-order valence-corrected chi connectivity index (χ2v) is 3.23. The second kappa shape index (κ2) is 5.90. The van der Waals surface area contributed by atoms with Crippen LogP contribution in [-0.2, 0) is 9.59 Å². The molecule has 1 heterocycles. The maximum atomic E-state index is 11.7. The van der Waals surface area contributed by atoms with E-state index in [0.29, 0.717) is 13.1 Å². The molecule has 0 unspecified atom stereocenters. The van der Waals surface area contributed by atoms with Gasteiger partial charge in [0.2, 0.25) is 5.91 Å². The van der Waals surface area contributed by atoms with Crippen LogP contribution in [0.5, 0.6) is 0 Å². The molecule has 5 nitrogen and oxygen atoms in total. The number of rotatable bonds is 2. The molecule has 1 fully saturated rings. The quantitative estimate of drug-likeness (QED) is 0.599. The van der Waals surface area contributed by atoms with E-state index in [9.17, 15) is 22.8 Å². The van der Waals surface area contributed by atoms with Crippen molar-refractivity contribution in [2.24, 2.45) is 5.92 Å². The Kier molecular flexibility index (Phi) is 5.52. The third-order valence-corrected chi connectivity index (χ3v) is 1.91. The summed E-state index contributed by atoms with van der Waals surface area (Å²) in [6.07, 6.45) is -4.88. The first-order valence-corrected chi connectivity index (χ1v) is 4.26. The number of amides is 2. The van der Waals surface area contributed by atoms with E-state index in [4.69, 9.17) is 0 Å². The molecule has 0 bridgehead atoms. The van der Waals surface area contributed by atoms with Crippen LogP contribution in [0.15, 0.2) is 0 Å². The Bertz CT molecular complexity index is 268. The molecule has 0 radical (unpaired) electrons. The van der Waals surface area contributed by atoms with Crippen molar-refractivity contribution in [1.29, 1.82) is 0 Å². The second-order valence-electron chi connectivity index (χ2n) is 3.23. The zero-order chi connectivity index (χ0) is 11.5. The number of hydrogen-bond donors (Lipinski definition) is 3. The maximum absolute atomic E-state index is 11.7. The van der Waals surface area contributed by atoms with Gasteiger partial charge < -0.3 is 5.32 Å². The first kappa shape index (κ1) is 15.0. The summed E-state index contributed by atoms with van der Waals surface area (Å²) in [6, 6.07) is 0. The van der Waals surface area contributed by atoms with Crippen LogP contribution in [0.1, 0.15) is 6.42 Å². The van der Waals surface area contributed by atoms with Crippen molar-refractivity contribution < 1.29 is 22.8 Å². The predicted molar refractivity (Wildman–Crippen MR) is 50.6 cm³/mol. The molecule has 16 heavy (non-hydrogen) atoms. The number of halogens is 4. The fourth-order valence-electron chi connectivity index (χ4n) is 1.00. The number of carbonyl (C=O) groups is 2. The van der Waals surface area contributed by atoms with E-state index < -0.39 is 18.0 Å². The summed E-state index contributed by atoms with van der Waals surface area (Å²) in [5.41, 5.74) is 2.99. The number of hydrogen-bond acceptors (Lipinski definition) is 3. The van der Waals surface area contributed by atoms with Gasteiger partial charge >= 0.3 is 12.1 Å². The average molecular weight is 262 g/mol. The monoisotopic (exact) mass is 261 g/mol. The van der Waals surface area contributed by atoms with Crippen molar-refractivity contribution in [2.45, 2.75) is 12.6 Å². The van der Waals surface area contributed by atoms with Gasteiger partial charge in [0.1, 0.15) is 0 Å². The predicted octanol–water partition coefficient (Wildman–Crippen LogP) is -0.273. The molecule has 9 heteroatoms. The van der Waals surface area contributed by atoms with Crippen LogP contribution < -0.4 is 16.2 Å². The van der Waals surface area contributed by atoms with Crippen molar-refractivity contribution in [3.8, 4) is 0 Å². The summed E-state index contributed by atoms with van der Waals surface area (Å²) in [5.74, 6) is -2.67. The van der Waals surface area contributed by atoms with E-state index in [1.165, 1.54) is 5.43 Å². The van der Waals surface area contributed by atoms with E-state index >= 15 is 0 Å². The molecule has 0 aliphatic carbocycles. The Morgan fingerprint density at radius 3 is 2.19 bits per heavy atom. The van der Waals surface area contributed by atoms with E-state index in [1.807, 2.05) is 0 Å². The summed E-state index contributed by atoms with van der Waals surface area (Å²) in [7, 11) is 0. The highest BCUT2D eigenvalue weighted by molar-refractivity contribution is 5.85. The Morgan fingerprint density at radius 2 is 1.81 bits per heavy atom. The van der Waals surface area contributed by atoms with Gasteiger partial charge in [-0.15, -0.1) is 12.4 Å². The van der Waals surface area contributed by atoms with Gasteiger partial charge in [-0.2, -0.15) is 13.2 Å². The standard InChI is InChI=1S/C7H10F3N3O2.ClH/c8-7(9,10)6(15)13-12-5(14)1-4-2-11-3-4;/h4,11H,1-3H2,(H,12,14)(H,13,15);1H. The highest BCUT2D eigenvalue weighted by Crippen LogP contribution is 2.13. The lowest BCUT2D eigenvalue weighted by molar-refractivity contribution is -0.175. The van der Waals surface area contributed by atoms with Gasteiger partial charge in [-0.25, -0.2) is 0 Å². The van der Waals surface area contributed by atoms with Crippen molar-refractivity contribution in [3.05, 3.63) is 0 Å². The zero-order valence-corrected chi connectivity index (χ0v) is 8.87. The van der Waals surface area contributed by atoms with Crippen LogP contribution in [0, 0.1) is 5.92 Å². The van der Waals surface area contributed by atoms with Crippen molar-refractivity contribution in [3.63, 3.8) is 0 Å². The number of alkyl halides is 3. The van der Waals surface area contributed by atoms with Crippen LogP contribution >= 0.6 is 12.4 Å². The van der Waals surface area contributed by atoms with Gasteiger partial charge in [0.15, 0.2) is 0 Å². The first-order chi connectivity index (χ1) is 6.89. The van der Waals surface area contributed by atoms with Gasteiger partial charge in [0.05, 0.1) is 0 Å². The van der Waals surface area contributed by atoms with Crippen molar-refractivity contribution >= 4 is 24.2 Å². The van der Waals surface area contributed by atoms with Crippen LogP contribution in [0.3, 0.4) is 0 Å². The lowest BCUT2D eigenvalue weighted by Gasteiger charge is -2.26. The topological polar surface area (TPSA) is 70.2 Å². The summed E-state index contributed by atoms with van der Waals surface area (Å²) in [4.78, 5) is 21.2. The highest BCUT2D eigenvalue weighted by atomic mass is 35.5. The molecule has 0 aromatic rings.